The van der Waals surface area contributed by atoms with Crippen molar-refractivity contribution in [3.05, 3.63) is 89.5 Å². The molecule has 3 aromatic rings. The van der Waals surface area contributed by atoms with E-state index in [1.54, 1.807) is 19.1 Å². The molecule has 1 amide bonds. The molecule has 0 radical (unpaired) electrons. The average molecular weight is 467 g/mol. The number of aryl methyl sites for hydroxylation is 1. The zero-order valence-corrected chi connectivity index (χ0v) is 20.1. The van der Waals surface area contributed by atoms with Crippen LogP contribution in [0.3, 0.4) is 0 Å². The molecule has 0 aromatic heterocycles. The molecule has 174 valence electrons. The van der Waals surface area contributed by atoms with Crippen molar-refractivity contribution >= 4 is 21.6 Å². The molecule has 2 N–H and O–H groups in total. The van der Waals surface area contributed by atoms with Gasteiger partial charge in [0.25, 0.3) is 0 Å². The van der Waals surface area contributed by atoms with Gasteiger partial charge >= 0.3 is 0 Å². The number of nitrogens with one attached hydrogen (secondary N) is 2. The zero-order valence-electron chi connectivity index (χ0n) is 19.3. The lowest BCUT2D eigenvalue weighted by Gasteiger charge is -2.20. The quantitative estimate of drug-likeness (QED) is 0.481. The average Bonchev–Trinajstić information content (AvgIpc) is 2.79. The highest BCUT2D eigenvalue weighted by atomic mass is 32.2. The highest BCUT2D eigenvalue weighted by Crippen LogP contribution is 2.25. The summed E-state index contributed by atoms with van der Waals surface area (Å²) in [5, 5.41) is 2.85. The molecule has 1 unspecified atom stereocenters. The second-order valence-electron chi connectivity index (χ2n) is 8.28. The predicted octanol–water partition coefficient (Wildman–Crippen LogP) is 4.66. The number of carbonyl (C=O) groups is 1. The van der Waals surface area contributed by atoms with E-state index in [1.807, 2.05) is 54.6 Å². The standard InChI is InChI=1S/C26H30N2O4S/c1-18(2)21-11-13-22(14-12-21)27-26(29)23(17-20-8-6-5-7-9-20)28-33(30,31)25-16-19(3)10-15-24(25)32-4/h5-16,18,23,28H,17H2,1-4H3,(H,27,29). The van der Waals surface area contributed by atoms with Crippen LogP contribution in [0.1, 0.15) is 36.5 Å². The number of amides is 1. The molecule has 7 heteroatoms. The van der Waals surface area contributed by atoms with Crippen LogP contribution in [-0.4, -0.2) is 27.5 Å². The fourth-order valence-electron chi connectivity index (χ4n) is 3.46. The normalized spacial score (nSPS) is 12.4. The summed E-state index contributed by atoms with van der Waals surface area (Å²) in [6.07, 6.45) is 0.199. The van der Waals surface area contributed by atoms with Crippen molar-refractivity contribution < 1.29 is 17.9 Å². The van der Waals surface area contributed by atoms with Gasteiger partial charge in [0.2, 0.25) is 15.9 Å². The third-order valence-corrected chi connectivity index (χ3v) is 6.84. The lowest BCUT2D eigenvalue weighted by atomic mass is 10.0. The molecule has 1 atom stereocenters. The van der Waals surface area contributed by atoms with E-state index < -0.39 is 22.0 Å². The van der Waals surface area contributed by atoms with E-state index in [4.69, 9.17) is 4.74 Å². The molecule has 0 fully saturated rings. The van der Waals surface area contributed by atoms with Crippen LogP contribution in [0.2, 0.25) is 0 Å². The predicted molar refractivity (Wildman–Crippen MR) is 131 cm³/mol. The summed E-state index contributed by atoms with van der Waals surface area (Å²) < 4.78 is 34.4. The molecule has 3 aromatic carbocycles. The van der Waals surface area contributed by atoms with Gasteiger partial charge in [0.15, 0.2) is 0 Å². The number of sulfonamides is 1. The molecule has 0 heterocycles. The minimum atomic E-state index is -4.04. The number of carbonyl (C=O) groups excluding carboxylic acids is 1. The summed E-state index contributed by atoms with van der Waals surface area (Å²) in [4.78, 5) is 13.2. The lowest BCUT2D eigenvalue weighted by molar-refractivity contribution is -0.117. The van der Waals surface area contributed by atoms with Crippen LogP contribution in [0.4, 0.5) is 5.69 Å². The largest absolute Gasteiger partial charge is 0.495 e. The van der Waals surface area contributed by atoms with Gasteiger partial charge in [-0.2, -0.15) is 4.72 Å². The van der Waals surface area contributed by atoms with Crippen LogP contribution in [0, 0.1) is 6.92 Å². The van der Waals surface area contributed by atoms with Crippen molar-refractivity contribution in [2.45, 2.75) is 44.0 Å². The molecule has 0 aliphatic heterocycles. The van der Waals surface area contributed by atoms with Crippen LogP contribution in [0.25, 0.3) is 0 Å². The van der Waals surface area contributed by atoms with Gasteiger partial charge in [0, 0.05) is 5.69 Å². The highest BCUT2D eigenvalue weighted by Gasteiger charge is 2.28. The summed E-state index contributed by atoms with van der Waals surface area (Å²) in [7, 11) is -2.62. The molecule has 0 spiro atoms. The number of hydrogen-bond acceptors (Lipinski definition) is 4. The monoisotopic (exact) mass is 466 g/mol. The van der Waals surface area contributed by atoms with E-state index in [0.29, 0.717) is 11.6 Å². The highest BCUT2D eigenvalue weighted by molar-refractivity contribution is 7.89. The molecular weight excluding hydrogens is 436 g/mol. The van der Waals surface area contributed by atoms with E-state index in [9.17, 15) is 13.2 Å². The van der Waals surface area contributed by atoms with E-state index >= 15 is 0 Å². The molecule has 6 nitrogen and oxygen atoms in total. The van der Waals surface area contributed by atoms with Gasteiger partial charge in [0.05, 0.1) is 7.11 Å². The Morgan fingerprint density at radius 1 is 0.970 bits per heavy atom. The molecule has 0 aliphatic rings. The van der Waals surface area contributed by atoms with Crippen molar-refractivity contribution in [2.24, 2.45) is 0 Å². The fourth-order valence-corrected chi connectivity index (χ4v) is 4.91. The molecular formula is C26H30N2O4S. The van der Waals surface area contributed by atoms with Crippen molar-refractivity contribution in [2.75, 3.05) is 12.4 Å². The molecule has 3 rings (SSSR count). The first kappa shape index (κ1) is 24.5. The van der Waals surface area contributed by atoms with Crippen LogP contribution in [-0.2, 0) is 21.2 Å². The summed E-state index contributed by atoms with van der Waals surface area (Å²) >= 11 is 0. The first-order valence-electron chi connectivity index (χ1n) is 10.8. The number of benzene rings is 3. The van der Waals surface area contributed by atoms with E-state index in [1.165, 1.54) is 13.2 Å². The van der Waals surface area contributed by atoms with Crippen LogP contribution in [0.5, 0.6) is 5.75 Å². The number of anilines is 1. The second-order valence-corrected chi connectivity index (χ2v) is 9.97. The van der Waals surface area contributed by atoms with Crippen LogP contribution in [0.15, 0.2) is 77.7 Å². The van der Waals surface area contributed by atoms with Gasteiger partial charge < -0.3 is 10.1 Å². The molecule has 0 saturated carbocycles. The maximum absolute atomic E-state index is 13.3. The van der Waals surface area contributed by atoms with Crippen molar-refractivity contribution in [3.8, 4) is 5.75 Å². The third-order valence-electron chi connectivity index (χ3n) is 5.35. The van der Waals surface area contributed by atoms with E-state index in [-0.39, 0.29) is 17.1 Å². The van der Waals surface area contributed by atoms with Crippen molar-refractivity contribution in [3.63, 3.8) is 0 Å². The van der Waals surface area contributed by atoms with Crippen LogP contribution < -0.4 is 14.8 Å². The Morgan fingerprint density at radius 3 is 2.24 bits per heavy atom. The Bertz CT molecular complexity index is 1190. The Labute approximate surface area is 196 Å². The van der Waals surface area contributed by atoms with Crippen molar-refractivity contribution in [1.82, 2.24) is 4.72 Å². The SMILES string of the molecule is COc1ccc(C)cc1S(=O)(=O)NC(Cc1ccccc1)C(=O)Nc1ccc(C(C)C)cc1. The summed E-state index contributed by atoms with van der Waals surface area (Å²) in [6, 6.07) is 20.7. The first-order chi connectivity index (χ1) is 15.7. The number of methoxy groups -OCH3 is 1. The smallest absolute Gasteiger partial charge is 0.245 e. The Balaban J connectivity index is 1.89. The third kappa shape index (κ3) is 6.43. The van der Waals surface area contributed by atoms with E-state index in [0.717, 1.165) is 16.7 Å². The van der Waals surface area contributed by atoms with Gasteiger partial charge in [-0.25, -0.2) is 8.42 Å². The van der Waals surface area contributed by atoms with Gasteiger partial charge in [-0.1, -0.05) is 62.4 Å². The minimum Gasteiger partial charge on any atom is -0.495 e. The van der Waals surface area contributed by atoms with Gasteiger partial charge in [-0.05, 0) is 60.2 Å². The molecule has 0 aliphatic carbocycles. The lowest BCUT2D eigenvalue weighted by Crippen LogP contribution is -2.45. The minimum absolute atomic E-state index is 0.00264. The van der Waals surface area contributed by atoms with E-state index in [2.05, 4.69) is 23.9 Å². The number of rotatable bonds is 9. The Morgan fingerprint density at radius 2 is 1.64 bits per heavy atom. The fraction of sp³-hybridized carbons (Fsp3) is 0.269. The van der Waals surface area contributed by atoms with Crippen LogP contribution >= 0.6 is 0 Å². The number of hydrogen-bond donors (Lipinski definition) is 2. The Kier molecular flexibility index (Phi) is 7.89. The maximum atomic E-state index is 13.3. The van der Waals surface area contributed by atoms with Crippen molar-refractivity contribution in [1.29, 1.82) is 0 Å². The molecule has 33 heavy (non-hydrogen) atoms. The molecule has 0 saturated heterocycles. The molecule has 0 bridgehead atoms. The summed E-state index contributed by atoms with van der Waals surface area (Å²) in [5.74, 6) is 0.152. The number of ether oxygens (including phenoxy) is 1. The Hall–Kier alpha value is -3.16. The first-order valence-corrected chi connectivity index (χ1v) is 12.3. The summed E-state index contributed by atoms with van der Waals surface area (Å²) in [6.45, 7) is 5.99. The van der Waals surface area contributed by atoms with Gasteiger partial charge in [-0.3, -0.25) is 4.79 Å². The second kappa shape index (κ2) is 10.6. The summed E-state index contributed by atoms with van der Waals surface area (Å²) in [5.41, 5.74) is 3.37. The van der Waals surface area contributed by atoms with Gasteiger partial charge in [-0.15, -0.1) is 0 Å². The topological polar surface area (TPSA) is 84.5 Å². The zero-order chi connectivity index (χ0) is 24.0. The van der Waals surface area contributed by atoms with Gasteiger partial charge in [0.1, 0.15) is 16.7 Å². The maximum Gasteiger partial charge on any atom is 0.245 e.